The third-order valence-corrected chi connectivity index (χ3v) is 6.73. The summed E-state index contributed by atoms with van der Waals surface area (Å²) in [6.45, 7) is 6.45. The third kappa shape index (κ3) is 3.81. The number of thiazole rings is 1. The van der Waals surface area contributed by atoms with E-state index in [2.05, 4.69) is 71.7 Å². The number of nitrogens with zero attached hydrogens (tertiary/aromatic N) is 4. The zero-order valence-corrected chi connectivity index (χ0v) is 18.8. The van der Waals surface area contributed by atoms with Gasteiger partial charge in [-0.05, 0) is 61.6 Å². The molecular formula is C26H26N4S. The van der Waals surface area contributed by atoms with Gasteiger partial charge in [-0.3, -0.25) is 0 Å². The standard InChI is InChI=1S/C26H26N4S/c1-3-29(4-2)23-14-10-19(11-15-23)16-21-12-13-22-17-27-30(25(21)22)26-28-24(18-31-26)20-8-6-5-7-9-20/h5-11,14-18H,3-4,12-13H2,1-2H3/b21-16-. The summed E-state index contributed by atoms with van der Waals surface area (Å²) >= 11 is 1.64. The van der Waals surface area contributed by atoms with Crippen molar-refractivity contribution < 1.29 is 0 Å². The number of fused-ring (bicyclic) bond motifs is 1. The minimum Gasteiger partial charge on any atom is -0.372 e. The van der Waals surface area contributed by atoms with E-state index in [1.165, 1.54) is 28.1 Å². The van der Waals surface area contributed by atoms with Crippen LogP contribution in [0.2, 0.25) is 0 Å². The first-order valence-corrected chi connectivity index (χ1v) is 11.8. The van der Waals surface area contributed by atoms with Crippen molar-refractivity contribution in [2.24, 2.45) is 0 Å². The van der Waals surface area contributed by atoms with Gasteiger partial charge >= 0.3 is 0 Å². The molecule has 0 saturated heterocycles. The monoisotopic (exact) mass is 426 g/mol. The van der Waals surface area contributed by atoms with E-state index in [0.29, 0.717) is 0 Å². The molecule has 2 aromatic carbocycles. The fourth-order valence-electron chi connectivity index (χ4n) is 4.26. The number of benzene rings is 2. The van der Waals surface area contributed by atoms with Crippen LogP contribution in [0, 0.1) is 0 Å². The molecule has 0 amide bonds. The molecule has 0 N–H and O–H groups in total. The first-order valence-electron chi connectivity index (χ1n) is 10.9. The molecule has 5 rings (SSSR count). The summed E-state index contributed by atoms with van der Waals surface area (Å²) in [4.78, 5) is 7.25. The largest absolute Gasteiger partial charge is 0.372 e. The molecule has 4 aromatic rings. The Bertz CT molecular complexity index is 1200. The van der Waals surface area contributed by atoms with Gasteiger partial charge in [-0.1, -0.05) is 42.5 Å². The lowest BCUT2D eigenvalue weighted by atomic mass is 10.1. The van der Waals surface area contributed by atoms with E-state index >= 15 is 0 Å². The molecule has 1 aliphatic rings. The maximum absolute atomic E-state index is 4.88. The molecule has 0 radical (unpaired) electrons. The van der Waals surface area contributed by atoms with Gasteiger partial charge in [0.25, 0.3) is 0 Å². The lowest BCUT2D eigenvalue weighted by Crippen LogP contribution is -2.21. The van der Waals surface area contributed by atoms with Crippen molar-refractivity contribution in [2.45, 2.75) is 26.7 Å². The number of rotatable bonds is 6. The van der Waals surface area contributed by atoms with Crippen LogP contribution in [0.25, 0.3) is 28.0 Å². The first kappa shape index (κ1) is 19.8. The van der Waals surface area contributed by atoms with Crippen molar-refractivity contribution in [3.8, 4) is 16.4 Å². The van der Waals surface area contributed by atoms with Gasteiger partial charge in [-0.15, -0.1) is 11.3 Å². The van der Waals surface area contributed by atoms with Crippen LogP contribution >= 0.6 is 11.3 Å². The molecule has 0 spiro atoms. The summed E-state index contributed by atoms with van der Waals surface area (Å²) in [6.07, 6.45) is 6.39. The van der Waals surface area contributed by atoms with Crippen molar-refractivity contribution in [1.82, 2.24) is 14.8 Å². The van der Waals surface area contributed by atoms with Crippen LogP contribution in [-0.4, -0.2) is 27.9 Å². The molecule has 5 heteroatoms. The van der Waals surface area contributed by atoms with Crippen molar-refractivity contribution >= 4 is 28.7 Å². The summed E-state index contributed by atoms with van der Waals surface area (Å²) in [5, 5.41) is 7.72. The average molecular weight is 427 g/mol. The van der Waals surface area contributed by atoms with Crippen LogP contribution in [0.4, 0.5) is 5.69 Å². The van der Waals surface area contributed by atoms with Gasteiger partial charge in [0, 0.05) is 29.7 Å². The van der Waals surface area contributed by atoms with Crippen LogP contribution in [0.3, 0.4) is 0 Å². The van der Waals surface area contributed by atoms with E-state index in [0.717, 1.165) is 42.3 Å². The highest BCUT2D eigenvalue weighted by molar-refractivity contribution is 7.12. The minimum absolute atomic E-state index is 0.921. The molecule has 0 bridgehead atoms. The van der Waals surface area contributed by atoms with Gasteiger partial charge < -0.3 is 4.90 Å². The lowest BCUT2D eigenvalue weighted by Gasteiger charge is -2.20. The molecule has 0 unspecified atom stereocenters. The molecule has 0 aliphatic heterocycles. The van der Waals surface area contributed by atoms with E-state index in [9.17, 15) is 0 Å². The summed E-state index contributed by atoms with van der Waals surface area (Å²) in [7, 11) is 0. The number of hydrogen-bond acceptors (Lipinski definition) is 4. The second-order valence-electron chi connectivity index (χ2n) is 7.74. The Hall–Kier alpha value is -3.18. The Morgan fingerprint density at radius 3 is 2.52 bits per heavy atom. The molecule has 31 heavy (non-hydrogen) atoms. The third-order valence-electron chi connectivity index (χ3n) is 5.92. The molecule has 4 nitrogen and oxygen atoms in total. The maximum Gasteiger partial charge on any atom is 0.211 e. The van der Waals surface area contributed by atoms with Gasteiger partial charge in [0.05, 0.1) is 17.6 Å². The number of allylic oxidation sites excluding steroid dienone is 1. The Morgan fingerprint density at radius 2 is 1.77 bits per heavy atom. The summed E-state index contributed by atoms with van der Waals surface area (Å²) in [5.74, 6) is 0. The highest BCUT2D eigenvalue weighted by atomic mass is 32.1. The van der Waals surface area contributed by atoms with Gasteiger partial charge in [0.1, 0.15) is 0 Å². The molecule has 156 valence electrons. The lowest BCUT2D eigenvalue weighted by molar-refractivity contribution is 0.855. The highest BCUT2D eigenvalue weighted by Crippen LogP contribution is 2.36. The number of anilines is 1. The van der Waals surface area contributed by atoms with E-state index in [1.54, 1.807) is 11.3 Å². The quantitative estimate of drug-likeness (QED) is 0.361. The number of aryl methyl sites for hydroxylation is 1. The van der Waals surface area contributed by atoms with Crippen molar-refractivity contribution in [2.75, 3.05) is 18.0 Å². The molecule has 2 heterocycles. The Labute approximate surface area is 187 Å². The van der Waals surface area contributed by atoms with E-state index in [1.807, 2.05) is 29.1 Å². The molecule has 1 aliphatic carbocycles. The second-order valence-corrected chi connectivity index (χ2v) is 8.58. The fraction of sp³-hybridized carbons (Fsp3) is 0.231. The number of hydrogen-bond donors (Lipinski definition) is 0. The van der Waals surface area contributed by atoms with Crippen molar-refractivity contribution in [3.63, 3.8) is 0 Å². The van der Waals surface area contributed by atoms with Crippen LogP contribution in [0.15, 0.2) is 66.2 Å². The topological polar surface area (TPSA) is 34.0 Å². The summed E-state index contributed by atoms with van der Waals surface area (Å²) in [5.41, 5.74) is 8.50. The maximum atomic E-state index is 4.88. The zero-order chi connectivity index (χ0) is 21.2. The first-order chi connectivity index (χ1) is 15.3. The van der Waals surface area contributed by atoms with E-state index in [-0.39, 0.29) is 0 Å². The van der Waals surface area contributed by atoms with Crippen LogP contribution < -0.4 is 4.90 Å². The molecule has 2 aromatic heterocycles. The summed E-state index contributed by atoms with van der Waals surface area (Å²) in [6, 6.07) is 19.2. The predicted molar refractivity (Wildman–Crippen MR) is 131 cm³/mol. The Kier molecular flexibility index (Phi) is 5.43. The predicted octanol–water partition coefficient (Wildman–Crippen LogP) is 6.33. The molecule has 0 saturated carbocycles. The molecular weight excluding hydrogens is 400 g/mol. The summed E-state index contributed by atoms with van der Waals surface area (Å²) < 4.78 is 2.02. The van der Waals surface area contributed by atoms with E-state index in [4.69, 9.17) is 4.98 Å². The van der Waals surface area contributed by atoms with Gasteiger partial charge in [-0.2, -0.15) is 5.10 Å². The molecule has 0 fully saturated rings. The van der Waals surface area contributed by atoms with Crippen LogP contribution in [-0.2, 0) is 6.42 Å². The minimum atomic E-state index is 0.921. The highest BCUT2D eigenvalue weighted by Gasteiger charge is 2.24. The molecule has 0 atom stereocenters. The SMILES string of the molecule is CCN(CC)c1ccc(/C=C2/CCc3cnn(-c4nc(-c5ccccc5)cs4)c32)cc1. The zero-order valence-electron chi connectivity index (χ0n) is 18.0. The van der Waals surface area contributed by atoms with Gasteiger partial charge in [0.15, 0.2) is 0 Å². The Balaban J connectivity index is 1.45. The van der Waals surface area contributed by atoms with Crippen LogP contribution in [0.5, 0.6) is 0 Å². The van der Waals surface area contributed by atoms with E-state index < -0.39 is 0 Å². The van der Waals surface area contributed by atoms with Crippen molar-refractivity contribution in [3.05, 3.63) is 83.0 Å². The fourth-order valence-corrected chi connectivity index (χ4v) is 5.05. The van der Waals surface area contributed by atoms with Crippen LogP contribution in [0.1, 0.15) is 37.1 Å². The number of aromatic nitrogens is 3. The average Bonchev–Trinajstić information content (AvgIpc) is 3.54. The smallest absolute Gasteiger partial charge is 0.211 e. The van der Waals surface area contributed by atoms with Crippen molar-refractivity contribution in [1.29, 1.82) is 0 Å². The van der Waals surface area contributed by atoms with Gasteiger partial charge in [-0.25, -0.2) is 9.67 Å². The normalized spacial score (nSPS) is 14.2. The van der Waals surface area contributed by atoms with Gasteiger partial charge in [0.2, 0.25) is 5.13 Å². The Morgan fingerprint density at radius 1 is 1.00 bits per heavy atom. The second kappa shape index (κ2) is 8.52.